The van der Waals surface area contributed by atoms with Gasteiger partial charge in [-0.2, -0.15) is 0 Å². The minimum atomic E-state index is 0.291. The topological polar surface area (TPSA) is 38.2 Å². The maximum Gasteiger partial charge on any atom is 0.112 e. The Kier molecular flexibility index (Phi) is 3.69. The third-order valence-electron chi connectivity index (χ3n) is 3.00. The van der Waals surface area contributed by atoms with Gasteiger partial charge in [-0.25, -0.2) is 4.98 Å². The number of morpholine rings is 1. The Morgan fingerprint density at radius 2 is 2.44 bits per heavy atom. The summed E-state index contributed by atoms with van der Waals surface area (Å²) in [7, 11) is 0. The van der Waals surface area contributed by atoms with Crippen LogP contribution in [0.1, 0.15) is 21.6 Å². The predicted molar refractivity (Wildman–Crippen MR) is 72.9 cm³/mol. The second-order valence-corrected chi connectivity index (χ2v) is 6.22. The van der Waals surface area contributed by atoms with E-state index >= 15 is 0 Å². The first-order chi connectivity index (χ1) is 8.83. The van der Waals surface area contributed by atoms with Crippen molar-refractivity contribution in [1.29, 1.82) is 0 Å². The first-order valence-corrected chi connectivity index (χ1v) is 7.70. The van der Waals surface area contributed by atoms with Crippen molar-refractivity contribution >= 4 is 22.7 Å². The summed E-state index contributed by atoms with van der Waals surface area (Å²) in [4.78, 5) is 12.5. The molecule has 3 heterocycles. The maximum atomic E-state index is 5.61. The number of hydrogen-bond acceptors (Lipinski definition) is 6. The SMILES string of the molecule is Cc1csc([C@@H]2COCCN2Cc2cncs2)n1. The fourth-order valence-corrected chi connectivity index (χ4v) is 3.63. The second-order valence-electron chi connectivity index (χ2n) is 4.36. The van der Waals surface area contributed by atoms with Crippen molar-refractivity contribution in [3.8, 4) is 0 Å². The van der Waals surface area contributed by atoms with Gasteiger partial charge in [-0.3, -0.25) is 9.88 Å². The lowest BCUT2D eigenvalue weighted by molar-refractivity contribution is -0.0123. The zero-order valence-corrected chi connectivity index (χ0v) is 11.8. The molecule has 1 aliphatic heterocycles. The van der Waals surface area contributed by atoms with E-state index in [9.17, 15) is 0 Å². The van der Waals surface area contributed by atoms with Crippen molar-refractivity contribution in [3.05, 3.63) is 32.7 Å². The third kappa shape index (κ3) is 2.61. The highest BCUT2D eigenvalue weighted by Crippen LogP contribution is 2.28. The van der Waals surface area contributed by atoms with E-state index in [1.54, 1.807) is 22.7 Å². The fourth-order valence-electron chi connectivity index (χ4n) is 2.10. The summed E-state index contributed by atoms with van der Waals surface area (Å²) in [6, 6.07) is 0.291. The molecule has 0 spiro atoms. The molecule has 4 nitrogen and oxygen atoms in total. The number of nitrogens with zero attached hydrogens (tertiary/aromatic N) is 3. The van der Waals surface area contributed by atoms with E-state index in [0.29, 0.717) is 6.04 Å². The van der Waals surface area contributed by atoms with Crippen molar-refractivity contribution in [1.82, 2.24) is 14.9 Å². The summed E-state index contributed by atoms with van der Waals surface area (Å²) >= 11 is 3.44. The summed E-state index contributed by atoms with van der Waals surface area (Å²) in [5.41, 5.74) is 2.98. The van der Waals surface area contributed by atoms with Crippen LogP contribution < -0.4 is 0 Å². The van der Waals surface area contributed by atoms with Crippen LogP contribution in [0.15, 0.2) is 17.1 Å². The quantitative estimate of drug-likeness (QED) is 0.866. The molecule has 0 aliphatic carbocycles. The highest BCUT2D eigenvalue weighted by molar-refractivity contribution is 7.10. The van der Waals surface area contributed by atoms with Crippen molar-refractivity contribution in [3.63, 3.8) is 0 Å². The molecule has 3 rings (SSSR count). The van der Waals surface area contributed by atoms with Crippen molar-refractivity contribution in [2.45, 2.75) is 19.5 Å². The van der Waals surface area contributed by atoms with Crippen LogP contribution in [0.25, 0.3) is 0 Å². The van der Waals surface area contributed by atoms with E-state index in [-0.39, 0.29) is 0 Å². The molecular weight excluding hydrogens is 266 g/mol. The summed E-state index contributed by atoms with van der Waals surface area (Å²) in [6.07, 6.45) is 1.95. The smallest absolute Gasteiger partial charge is 0.112 e. The van der Waals surface area contributed by atoms with E-state index in [1.165, 1.54) is 4.88 Å². The first kappa shape index (κ1) is 12.2. The van der Waals surface area contributed by atoms with Gasteiger partial charge in [0.15, 0.2) is 0 Å². The Labute approximate surface area is 114 Å². The van der Waals surface area contributed by atoms with Gasteiger partial charge in [0.1, 0.15) is 5.01 Å². The van der Waals surface area contributed by atoms with Gasteiger partial charge in [-0.15, -0.1) is 22.7 Å². The molecule has 0 aromatic carbocycles. The van der Waals surface area contributed by atoms with Crippen molar-refractivity contribution < 1.29 is 4.74 Å². The van der Waals surface area contributed by atoms with Gasteiger partial charge in [0, 0.05) is 35.2 Å². The Bertz CT molecular complexity index is 497. The Hall–Kier alpha value is -0.820. The Balaban J connectivity index is 1.77. The van der Waals surface area contributed by atoms with Crippen LogP contribution in [-0.4, -0.2) is 34.6 Å². The summed E-state index contributed by atoms with van der Waals surface area (Å²) in [5, 5.41) is 3.27. The molecule has 2 aromatic rings. The molecule has 0 bridgehead atoms. The standard InChI is InChI=1S/C12H15N3OS2/c1-9-7-17-12(14-9)11-6-16-3-2-15(11)5-10-4-13-8-18-10/h4,7-8,11H,2-3,5-6H2,1H3/t11-/m0/s1. The lowest BCUT2D eigenvalue weighted by Crippen LogP contribution is -2.38. The first-order valence-electron chi connectivity index (χ1n) is 5.94. The molecule has 96 valence electrons. The van der Waals surface area contributed by atoms with Gasteiger partial charge in [0.25, 0.3) is 0 Å². The lowest BCUT2D eigenvalue weighted by Gasteiger charge is -2.33. The molecule has 0 unspecified atom stereocenters. The van der Waals surface area contributed by atoms with Crippen LogP contribution in [0, 0.1) is 6.92 Å². The minimum absolute atomic E-state index is 0.291. The second kappa shape index (κ2) is 5.44. The molecular formula is C12H15N3OS2. The monoisotopic (exact) mass is 281 g/mol. The van der Waals surface area contributed by atoms with Crippen molar-refractivity contribution in [2.75, 3.05) is 19.8 Å². The molecule has 1 saturated heterocycles. The number of rotatable bonds is 3. The van der Waals surface area contributed by atoms with E-state index in [2.05, 4.69) is 20.2 Å². The minimum Gasteiger partial charge on any atom is -0.378 e. The van der Waals surface area contributed by atoms with E-state index < -0.39 is 0 Å². The van der Waals surface area contributed by atoms with Crippen LogP contribution >= 0.6 is 22.7 Å². The molecule has 1 fully saturated rings. The molecule has 0 N–H and O–H groups in total. The van der Waals surface area contributed by atoms with Crippen LogP contribution in [0.2, 0.25) is 0 Å². The molecule has 6 heteroatoms. The fraction of sp³-hybridized carbons (Fsp3) is 0.500. The number of aryl methyl sites for hydroxylation is 1. The lowest BCUT2D eigenvalue weighted by atomic mass is 10.2. The summed E-state index contributed by atoms with van der Waals surface area (Å²) in [6.45, 7) is 5.49. The summed E-state index contributed by atoms with van der Waals surface area (Å²) in [5.74, 6) is 0. The number of aromatic nitrogens is 2. The van der Waals surface area contributed by atoms with Crippen LogP contribution in [0.5, 0.6) is 0 Å². The predicted octanol–water partition coefficient (Wildman–Crippen LogP) is 2.48. The number of hydrogen-bond donors (Lipinski definition) is 0. The van der Waals surface area contributed by atoms with Gasteiger partial charge in [0.05, 0.1) is 24.8 Å². The highest BCUT2D eigenvalue weighted by Gasteiger charge is 2.27. The van der Waals surface area contributed by atoms with Gasteiger partial charge in [0.2, 0.25) is 0 Å². The zero-order valence-electron chi connectivity index (χ0n) is 10.2. The molecule has 18 heavy (non-hydrogen) atoms. The zero-order chi connectivity index (χ0) is 12.4. The van der Waals surface area contributed by atoms with E-state index in [0.717, 1.165) is 37.0 Å². The molecule has 1 atom stereocenters. The van der Waals surface area contributed by atoms with Crippen LogP contribution in [0.4, 0.5) is 0 Å². The highest BCUT2D eigenvalue weighted by atomic mass is 32.1. The molecule has 0 saturated carbocycles. The Morgan fingerprint density at radius 1 is 1.50 bits per heavy atom. The number of thiazole rings is 2. The van der Waals surface area contributed by atoms with Gasteiger partial charge in [-0.1, -0.05) is 0 Å². The average Bonchev–Trinajstić information content (AvgIpc) is 3.02. The van der Waals surface area contributed by atoms with Gasteiger partial charge < -0.3 is 4.74 Å². The molecule has 1 aliphatic rings. The van der Waals surface area contributed by atoms with Crippen LogP contribution in [-0.2, 0) is 11.3 Å². The summed E-state index contributed by atoms with van der Waals surface area (Å²) < 4.78 is 5.61. The molecule has 2 aromatic heterocycles. The largest absolute Gasteiger partial charge is 0.378 e. The number of ether oxygens (including phenoxy) is 1. The third-order valence-corrected chi connectivity index (χ3v) is 4.83. The average molecular weight is 281 g/mol. The van der Waals surface area contributed by atoms with Crippen LogP contribution in [0.3, 0.4) is 0 Å². The normalized spacial score (nSPS) is 21.3. The van der Waals surface area contributed by atoms with E-state index in [4.69, 9.17) is 4.74 Å². The molecule has 0 amide bonds. The Morgan fingerprint density at radius 3 is 3.17 bits per heavy atom. The molecule has 0 radical (unpaired) electrons. The van der Waals surface area contributed by atoms with Gasteiger partial charge >= 0.3 is 0 Å². The van der Waals surface area contributed by atoms with E-state index in [1.807, 2.05) is 18.6 Å². The van der Waals surface area contributed by atoms with Crippen molar-refractivity contribution in [2.24, 2.45) is 0 Å². The van der Waals surface area contributed by atoms with Gasteiger partial charge in [-0.05, 0) is 6.92 Å². The maximum absolute atomic E-state index is 5.61.